The maximum atomic E-state index is 10.2. The second kappa shape index (κ2) is 5.45. The summed E-state index contributed by atoms with van der Waals surface area (Å²) in [7, 11) is 0. The molecule has 0 N–H and O–H groups in total. The number of carbonyl (C=O) groups excluding carboxylic acids is 1. The molecule has 0 amide bonds. The second-order valence-electron chi connectivity index (χ2n) is 2.87. The van der Waals surface area contributed by atoms with Crippen molar-refractivity contribution in [2.45, 2.75) is 12.8 Å². The van der Waals surface area contributed by atoms with E-state index in [2.05, 4.69) is 0 Å². The van der Waals surface area contributed by atoms with Crippen molar-refractivity contribution < 1.29 is 9.90 Å². The highest BCUT2D eigenvalue weighted by Gasteiger charge is 1.94. The third-order valence-corrected chi connectivity index (χ3v) is 1.99. The first-order valence-electron chi connectivity index (χ1n) is 4.29. The summed E-state index contributed by atoms with van der Waals surface area (Å²) < 4.78 is 0. The predicted octanol–water partition coefficient (Wildman–Crippen LogP) is 1.80. The van der Waals surface area contributed by atoms with Gasteiger partial charge in [0, 0.05) is 11.0 Å². The van der Waals surface area contributed by atoms with Crippen LogP contribution in [0.3, 0.4) is 0 Å². The molecular weight excluding hydrogens is 200 g/mol. The van der Waals surface area contributed by atoms with Crippen LogP contribution in [-0.2, 0) is 4.79 Å². The fourth-order valence-corrected chi connectivity index (χ4v) is 1.24. The molecule has 74 valence electrons. The number of carboxylic acid groups (broad SMARTS) is 1. The number of hydrogen-bond acceptors (Lipinski definition) is 2. The van der Waals surface area contributed by atoms with Gasteiger partial charge in [-0.25, -0.2) is 0 Å². The number of halogens is 1. The Morgan fingerprint density at radius 2 is 1.93 bits per heavy atom. The summed E-state index contributed by atoms with van der Waals surface area (Å²) in [5, 5.41) is 10.7. The molecule has 0 aliphatic rings. The molecule has 1 aromatic carbocycles. The first-order valence-corrected chi connectivity index (χ1v) is 4.67. The van der Waals surface area contributed by atoms with E-state index in [0.29, 0.717) is 11.5 Å². The van der Waals surface area contributed by atoms with Gasteiger partial charge in [0.25, 0.3) is 0 Å². The van der Waals surface area contributed by atoms with Crippen LogP contribution in [0.25, 0.3) is 6.08 Å². The molecule has 3 heteroatoms. The molecule has 0 spiro atoms. The molecule has 0 unspecified atom stereocenters. The molecule has 0 aromatic heterocycles. The molecule has 0 heterocycles. The van der Waals surface area contributed by atoms with E-state index in [0.717, 1.165) is 5.56 Å². The zero-order valence-electron chi connectivity index (χ0n) is 7.57. The van der Waals surface area contributed by atoms with Crippen molar-refractivity contribution in [1.82, 2.24) is 0 Å². The van der Waals surface area contributed by atoms with Crippen molar-refractivity contribution in [2.75, 3.05) is 0 Å². The maximum absolute atomic E-state index is 10.2. The molecular formula is C11H10ClO2-. The van der Waals surface area contributed by atoms with E-state index in [9.17, 15) is 9.90 Å². The van der Waals surface area contributed by atoms with Crippen LogP contribution in [0.1, 0.15) is 18.4 Å². The van der Waals surface area contributed by atoms with Gasteiger partial charge in [-0.2, -0.15) is 0 Å². The summed E-state index contributed by atoms with van der Waals surface area (Å²) in [4.78, 5) is 10.2. The van der Waals surface area contributed by atoms with Gasteiger partial charge in [-0.15, -0.1) is 0 Å². The van der Waals surface area contributed by atoms with E-state index in [4.69, 9.17) is 11.6 Å². The molecule has 1 rings (SSSR count). The molecule has 0 bridgehead atoms. The third kappa shape index (κ3) is 4.10. The monoisotopic (exact) mass is 209 g/mol. The number of hydrogen-bond donors (Lipinski definition) is 0. The molecule has 2 nitrogen and oxygen atoms in total. The zero-order chi connectivity index (χ0) is 10.4. The lowest BCUT2D eigenvalue weighted by molar-refractivity contribution is -0.305. The summed E-state index contributed by atoms with van der Waals surface area (Å²) in [5.74, 6) is -1.08. The predicted molar refractivity (Wildman–Crippen MR) is 54.5 cm³/mol. The number of carboxylic acids is 1. The molecule has 0 aliphatic heterocycles. The van der Waals surface area contributed by atoms with E-state index in [1.807, 2.05) is 30.3 Å². The first kappa shape index (κ1) is 10.8. The number of rotatable bonds is 4. The van der Waals surface area contributed by atoms with Gasteiger partial charge in [-0.05, 0) is 24.5 Å². The molecule has 0 fully saturated rings. The van der Waals surface area contributed by atoms with Gasteiger partial charge in [0.2, 0.25) is 0 Å². The number of benzene rings is 1. The average molecular weight is 210 g/mol. The van der Waals surface area contributed by atoms with Gasteiger partial charge in [0.1, 0.15) is 0 Å². The molecule has 0 atom stereocenters. The standard InChI is InChI=1S/C11H11ClO2/c12-10(6-7-11(13)14)8-9-4-2-1-3-5-9/h1-5,8H,6-7H2,(H,13,14)/p-1/b10-8-. The van der Waals surface area contributed by atoms with Crippen molar-refractivity contribution in [2.24, 2.45) is 0 Å². The van der Waals surface area contributed by atoms with Gasteiger partial charge in [-0.3, -0.25) is 0 Å². The van der Waals surface area contributed by atoms with Crippen molar-refractivity contribution in [3.63, 3.8) is 0 Å². The SMILES string of the molecule is O=C([O-])CC/C(Cl)=C/c1ccccc1. The van der Waals surface area contributed by atoms with Gasteiger partial charge in [-0.1, -0.05) is 41.9 Å². The van der Waals surface area contributed by atoms with Crippen LogP contribution in [0.2, 0.25) is 0 Å². The lowest BCUT2D eigenvalue weighted by atomic mass is 10.2. The summed E-state index contributed by atoms with van der Waals surface area (Å²) in [6.07, 6.45) is 2.03. The largest absolute Gasteiger partial charge is 0.550 e. The van der Waals surface area contributed by atoms with Crippen LogP contribution >= 0.6 is 11.6 Å². The van der Waals surface area contributed by atoms with E-state index in [1.165, 1.54) is 0 Å². The lowest BCUT2D eigenvalue weighted by Gasteiger charge is -2.00. The normalized spacial score (nSPS) is 11.4. The van der Waals surface area contributed by atoms with Crippen LogP contribution in [-0.4, -0.2) is 5.97 Å². The topological polar surface area (TPSA) is 40.1 Å². The van der Waals surface area contributed by atoms with Crippen LogP contribution in [0, 0.1) is 0 Å². The molecule has 14 heavy (non-hydrogen) atoms. The Bertz CT molecular complexity index is 330. The van der Waals surface area contributed by atoms with Gasteiger partial charge >= 0.3 is 0 Å². The Morgan fingerprint density at radius 3 is 2.50 bits per heavy atom. The Kier molecular flexibility index (Phi) is 4.20. The van der Waals surface area contributed by atoms with Crippen LogP contribution in [0.15, 0.2) is 35.4 Å². The minimum atomic E-state index is -1.08. The molecule has 0 saturated heterocycles. The molecule has 0 saturated carbocycles. The number of aliphatic carboxylic acids is 1. The van der Waals surface area contributed by atoms with E-state index < -0.39 is 5.97 Å². The zero-order valence-corrected chi connectivity index (χ0v) is 8.33. The number of allylic oxidation sites excluding steroid dienone is 1. The first-order chi connectivity index (χ1) is 6.68. The molecule has 0 aliphatic carbocycles. The number of carbonyl (C=O) groups is 1. The lowest BCUT2D eigenvalue weighted by Crippen LogP contribution is -2.21. The third-order valence-electron chi connectivity index (χ3n) is 1.69. The quantitative estimate of drug-likeness (QED) is 0.759. The Labute approximate surface area is 87.8 Å². The van der Waals surface area contributed by atoms with Crippen LogP contribution in [0.5, 0.6) is 0 Å². The smallest absolute Gasteiger partial charge is 0.0417 e. The molecule has 0 radical (unpaired) electrons. The minimum Gasteiger partial charge on any atom is -0.550 e. The van der Waals surface area contributed by atoms with Crippen molar-refractivity contribution in [3.05, 3.63) is 40.9 Å². The van der Waals surface area contributed by atoms with Crippen LogP contribution in [0.4, 0.5) is 0 Å². The molecule has 1 aromatic rings. The highest BCUT2D eigenvalue weighted by Crippen LogP contribution is 2.14. The van der Waals surface area contributed by atoms with E-state index in [1.54, 1.807) is 6.08 Å². The average Bonchev–Trinajstić information content (AvgIpc) is 2.16. The Hall–Kier alpha value is -1.28. The minimum absolute atomic E-state index is 0.0395. The van der Waals surface area contributed by atoms with Gasteiger partial charge in [0.15, 0.2) is 0 Å². The van der Waals surface area contributed by atoms with Gasteiger partial charge in [0.05, 0.1) is 0 Å². The highest BCUT2D eigenvalue weighted by molar-refractivity contribution is 6.31. The maximum Gasteiger partial charge on any atom is 0.0417 e. The van der Waals surface area contributed by atoms with Crippen molar-refractivity contribution >= 4 is 23.6 Å². The summed E-state index contributed by atoms with van der Waals surface area (Å²) in [5.41, 5.74) is 0.968. The second-order valence-corrected chi connectivity index (χ2v) is 3.36. The van der Waals surface area contributed by atoms with Crippen LogP contribution < -0.4 is 5.11 Å². The van der Waals surface area contributed by atoms with Gasteiger partial charge < -0.3 is 9.90 Å². The Balaban J connectivity index is 2.56. The fourth-order valence-electron chi connectivity index (χ4n) is 1.02. The fraction of sp³-hybridized carbons (Fsp3) is 0.182. The highest BCUT2D eigenvalue weighted by atomic mass is 35.5. The summed E-state index contributed by atoms with van der Waals surface area (Å²) >= 11 is 5.83. The van der Waals surface area contributed by atoms with E-state index >= 15 is 0 Å². The summed E-state index contributed by atoms with van der Waals surface area (Å²) in [6.45, 7) is 0. The summed E-state index contributed by atoms with van der Waals surface area (Å²) in [6, 6.07) is 9.51. The Morgan fingerprint density at radius 1 is 1.29 bits per heavy atom. The van der Waals surface area contributed by atoms with E-state index in [-0.39, 0.29) is 6.42 Å². The van der Waals surface area contributed by atoms with Crippen molar-refractivity contribution in [3.8, 4) is 0 Å². The van der Waals surface area contributed by atoms with Crippen molar-refractivity contribution in [1.29, 1.82) is 0 Å².